The van der Waals surface area contributed by atoms with E-state index in [-0.39, 0.29) is 29.6 Å². The maximum absolute atomic E-state index is 12.8. The summed E-state index contributed by atoms with van der Waals surface area (Å²) in [7, 11) is 0. The molecule has 0 saturated carbocycles. The molecule has 0 radical (unpaired) electrons. The molecule has 6 heteroatoms. The average molecular weight is 396 g/mol. The van der Waals surface area contributed by atoms with E-state index in [2.05, 4.69) is 16.0 Å². The Kier molecular flexibility index (Phi) is 7.53. The molecule has 1 unspecified atom stereocenters. The first-order valence-electron chi connectivity index (χ1n) is 9.77. The molecule has 0 aromatic heterocycles. The fourth-order valence-corrected chi connectivity index (χ4v) is 2.73. The van der Waals surface area contributed by atoms with Crippen LogP contribution in [0.2, 0.25) is 0 Å². The fraction of sp³-hybridized carbons (Fsp3) is 0.348. The van der Waals surface area contributed by atoms with Gasteiger partial charge in [-0.15, -0.1) is 0 Å². The van der Waals surface area contributed by atoms with Crippen LogP contribution in [0.1, 0.15) is 43.6 Å². The molecule has 3 amide bonds. The minimum atomic E-state index is -0.678. The summed E-state index contributed by atoms with van der Waals surface area (Å²) in [5.74, 6) is -0.837. The van der Waals surface area contributed by atoms with Gasteiger partial charge in [0, 0.05) is 22.9 Å². The molecule has 0 fully saturated rings. The molecule has 0 spiro atoms. The van der Waals surface area contributed by atoms with E-state index in [1.807, 2.05) is 46.8 Å². The van der Waals surface area contributed by atoms with Gasteiger partial charge in [-0.2, -0.15) is 0 Å². The number of benzene rings is 2. The summed E-state index contributed by atoms with van der Waals surface area (Å²) in [4.78, 5) is 37.1. The van der Waals surface area contributed by atoms with Gasteiger partial charge >= 0.3 is 0 Å². The Morgan fingerprint density at radius 1 is 0.759 bits per heavy atom. The van der Waals surface area contributed by atoms with Crippen molar-refractivity contribution < 1.29 is 14.4 Å². The maximum atomic E-state index is 12.8. The number of hydrogen-bond donors (Lipinski definition) is 3. The van der Waals surface area contributed by atoms with Crippen LogP contribution in [0.15, 0.2) is 48.5 Å². The lowest BCUT2D eigenvalue weighted by molar-refractivity contribution is -0.119. The molecular weight excluding hydrogens is 366 g/mol. The lowest BCUT2D eigenvalue weighted by Crippen LogP contribution is -2.47. The normalized spacial score (nSPS) is 11.8. The predicted octanol–water partition coefficient (Wildman–Crippen LogP) is 3.98. The van der Waals surface area contributed by atoms with Crippen LogP contribution >= 0.6 is 0 Å². The van der Waals surface area contributed by atoms with Crippen molar-refractivity contribution in [2.75, 3.05) is 10.6 Å². The minimum absolute atomic E-state index is 0.0689. The third-order valence-corrected chi connectivity index (χ3v) is 4.57. The van der Waals surface area contributed by atoms with Gasteiger partial charge in [0.15, 0.2) is 0 Å². The van der Waals surface area contributed by atoms with Gasteiger partial charge in [0.25, 0.3) is 5.91 Å². The highest BCUT2D eigenvalue weighted by molar-refractivity contribution is 6.02. The molecule has 29 heavy (non-hydrogen) atoms. The van der Waals surface area contributed by atoms with E-state index in [9.17, 15) is 14.4 Å². The van der Waals surface area contributed by atoms with Gasteiger partial charge < -0.3 is 16.0 Å². The molecule has 0 heterocycles. The number of nitrogens with one attached hydrogen (secondary N) is 3. The number of carbonyl (C=O) groups excluding carboxylic acids is 3. The summed E-state index contributed by atoms with van der Waals surface area (Å²) < 4.78 is 0. The van der Waals surface area contributed by atoms with Crippen LogP contribution in [0.3, 0.4) is 0 Å². The van der Waals surface area contributed by atoms with Gasteiger partial charge in [0.2, 0.25) is 11.8 Å². The van der Waals surface area contributed by atoms with Crippen LogP contribution in [0.4, 0.5) is 11.4 Å². The van der Waals surface area contributed by atoms with E-state index in [1.165, 1.54) is 0 Å². The van der Waals surface area contributed by atoms with Crippen molar-refractivity contribution in [3.8, 4) is 0 Å². The second-order valence-corrected chi connectivity index (χ2v) is 7.72. The SMILES string of the molecule is Cc1ccccc1C(=O)NC(C(=O)Nc1ccc(NC(=O)C(C)C)cc1)C(C)C. The predicted molar refractivity (Wildman–Crippen MR) is 116 cm³/mol. The molecule has 2 aromatic carbocycles. The van der Waals surface area contributed by atoms with E-state index >= 15 is 0 Å². The molecule has 2 rings (SSSR count). The molecule has 0 aliphatic heterocycles. The number of rotatable bonds is 7. The Balaban J connectivity index is 2.05. The smallest absolute Gasteiger partial charge is 0.252 e. The van der Waals surface area contributed by atoms with Gasteiger partial charge in [-0.05, 0) is 48.7 Å². The van der Waals surface area contributed by atoms with Gasteiger partial charge in [-0.1, -0.05) is 45.9 Å². The Hall–Kier alpha value is -3.15. The first-order valence-corrected chi connectivity index (χ1v) is 9.77. The van der Waals surface area contributed by atoms with Crippen LogP contribution in [0.25, 0.3) is 0 Å². The maximum Gasteiger partial charge on any atom is 0.252 e. The largest absolute Gasteiger partial charge is 0.340 e. The molecule has 0 saturated heterocycles. The van der Waals surface area contributed by atoms with E-state index in [0.29, 0.717) is 16.9 Å². The second-order valence-electron chi connectivity index (χ2n) is 7.72. The van der Waals surface area contributed by atoms with E-state index in [4.69, 9.17) is 0 Å². The van der Waals surface area contributed by atoms with Gasteiger partial charge in [-0.3, -0.25) is 14.4 Å². The van der Waals surface area contributed by atoms with Crippen LogP contribution < -0.4 is 16.0 Å². The summed E-state index contributed by atoms with van der Waals surface area (Å²) in [5.41, 5.74) is 2.66. The number of carbonyl (C=O) groups is 3. The van der Waals surface area contributed by atoms with Crippen LogP contribution in [0.5, 0.6) is 0 Å². The Morgan fingerprint density at radius 3 is 1.76 bits per heavy atom. The van der Waals surface area contributed by atoms with Crippen molar-refractivity contribution >= 4 is 29.1 Å². The van der Waals surface area contributed by atoms with Crippen LogP contribution in [-0.2, 0) is 9.59 Å². The Labute approximate surface area is 172 Å². The van der Waals surface area contributed by atoms with Crippen molar-refractivity contribution in [1.82, 2.24) is 5.32 Å². The molecule has 2 aromatic rings. The lowest BCUT2D eigenvalue weighted by atomic mass is 10.0. The molecule has 0 aliphatic rings. The minimum Gasteiger partial charge on any atom is -0.340 e. The van der Waals surface area contributed by atoms with E-state index in [1.54, 1.807) is 36.4 Å². The van der Waals surface area contributed by atoms with Crippen molar-refractivity contribution in [2.45, 2.75) is 40.7 Å². The van der Waals surface area contributed by atoms with Gasteiger partial charge in [0.1, 0.15) is 6.04 Å². The molecule has 6 nitrogen and oxygen atoms in total. The number of hydrogen-bond acceptors (Lipinski definition) is 3. The van der Waals surface area contributed by atoms with Crippen molar-refractivity contribution in [1.29, 1.82) is 0 Å². The summed E-state index contributed by atoms with van der Waals surface area (Å²) in [5, 5.41) is 8.47. The monoisotopic (exact) mass is 395 g/mol. The highest BCUT2D eigenvalue weighted by Gasteiger charge is 2.25. The first kappa shape index (κ1) is 22.1. The summed E-state index contributed by atoms with van der Waals surface area (Å²) >= 11 is 0. The Bertz CT molecular complexity index is 873. The zero-order valence-electron chi connectivity index (χ0n) is 17.6. The number of amides is 3. The zero-order valence-corrected chi connectivity index (χ0v) is 17.6. The molecule has 0 bridgehead atoms. The molecule has 0 aliphatic carbocycles. The average Bonchev–Trinajstić information content (AvgIpc) is 2.67. The second kappa shape index (κ2) is 9.87. The summed E-state index contributed by atoms with van der Waals surface area (Å²) in [6, 6.07) is 13.5. The van der Waals surface area contributed by atoms with Gasteiger partial charge in [0.05, 0.1) is 0 Å². The van der Waals surface area contributed by atoms with Crippen LogP contribution in [-0.4, -0.2) is 23.8 Å². The quantitative estimate of drug-likeness (QED) is 0.663. The van der Waals surface area contributed by atoms with Crippen molar-refractivity contribution in [2.24, 2.45) is 11.8 Å². The fourth-order valence-electron chi connectivity index (χ4n) is 2.73. The standard InChI is InChI=1S/C23H29N3O3/c1-14(2)20(26-22(28)19-9-7-6-8-16(19)5)23(29)25-18-12-10-17(11-13-18)24-21(27)15(3)4/h6-15,20H,1-5H3,(H,24,27)(H,25,29)(H,26,28). The third kappa shape index (κ3) is 6.17. The van der Waals surface area contributed by atoms with E-state index in [0.717, 1.165) is 5.56 Å². The molecule has 1 atom stereocenters. The zero-order chi connectivity index (χ0) is 21.6. The van der Waals surface area contributed by atoms with Gasteiger partial charge in [-0.25, -0.2) is 0 Å². The van der Waals surface area contributed by atoms with Crippen molar-refractivity contribution in [3.63, 3.8) is 0 Å². The highest BCUT2D eigenvalue weighted by Crippen LogP contribution is 2.16. The lowest BCUT2D eigenvalue weighted by Gasteiger charge is -2.22. The number of anilines is 2. The van der Waals surface area contributed by atoms with Crippen LogP contribution in [0, 0.1) is 18.8 Å². The Morgan fingerprint density at radius 2 is 1.28 bits per heavy atom. The molecule has 154 valence electrons. The molecular formula is C23H29N3O3. The third-order valence-electron chi connectivity index (χ3n) is 4.57. The van der Waals surface area contributed by atoms with Crippen molar-refractivity contribution in [3.05, 3.63) is 59.7 Å². The number of aryl methyl sites for hydroxylation is 1. The summed E-state index contributed by atoms with van der Waals surface area (Å²) in [6.45, 7) is 9.27. The molecule has 3 N–H and O–H groups in total. The summed E-state index contributed by atoms with van der Waals surface area (Å²) in [6.07, 6.45) is 0. The highest BCUT2D eigenvalue weighted by atomic mass is 16.2. The van der Waals surface area contributed by atoms with E-state index < -0.39 is 6.04 Å². The topological polar surface area (TPSA) is 87.3 Å². The first-order chi connectivity index (χ1) is 13.7.